The van der Waals surface area contributed by atoms with E-state index in [1.807, 2.05) is 31.2 Å². The van der Waals surface area contributed by atoms with E-state index >= 15 is 0 Å². The van der Waals surface area contributed by atoms with Gasteiger partial charge in [0.15, 0.2) is 11.5 Å². The maximum absolute atomic E-state index is 13.7. The van der Waals surface area contributed by atoms with Crippen LogP contribution in [0.25, 0.3) is 22.2 Å². The minimum absolute atomic E-state index is 0.0419. The maximum atomic E-state index is 13.7. The van der Waals surface area contributed by atoms with Gasteiger partial charge in [-0.1, -0.05) is 31.9 Å². The van der Waals surface area contributed by atoms with Crippen molar-refractivity contribution in [3.05, 3.63) is 77.7 Å². The van der Waals surface area contributed by atoms with E-state index in [4.69, 9.17) is 14.1 Å². The third-order valence-corrected chi connectivity index (χ3v) is 9.92. The molecule has 2 saturated carbocycles. The van der Waals surface area contributed by atoms with Crippen molar-refractivity contribution in [3.63, 3.8) is 0 Å². The van der Waals surface area contributed by atoms with Crippen LogP contribution in [-0.4, -0.2) is 32.6 Å². The van der Waals surface area contributed by atoms with E-state index < -0.39 is 11.6 Å². The fraction of sp³-hybridized carbons (Fsp3) is 0.459. The first-order valence-corrected chi connectivity index (χ1v) is 16.8. The summed E-state index contributed by atoms with van der Waals surface area (Å²) in [6.45, 7) is 1.89. The number of ketones is 1. The number of Topliss-reactive ketones (excluding diaryl/α,β-unsaturated/α-hetero) is 1. The lowest BCUT2D eigenvalue weighted by atomic mass is 9.75. The third-order valence-electron chi connectivity index (χ3n) is 9.92. The summed E-state index contributed by atoms with van der Waals surface area (Å²) in [7, 11) is 0. The molecule has 0 saturated heterocycles. The Labute approximate surface area is 268 Å². The minimum Gasteiger partial charge on any atom is -0.449 e. The molecule has 3 aliphatic rings. The monoisotopic (exact) mass is 620 g/mol. The zero-order valence-electron chi connectivity index (χ0n) is 26.3. The predicted molar refractivity (Wildman–Crippen MR) is 172 cm³/mol. The second-order valence-corrected chi connectivity index (χ2v) is 13.1. The van der Waals surface area contributed by atoms with Crippen molar-refractivity contribution in [3.8, 4) is 11.3 Å². The number of aromatic nitrogens is 3. The molecule has 3 aromatic heterocycles. The molecule has 4 aromatic rings. The number of benzene rings is 1. The molecule has 1 aliphatic heterocycles. The Kier molecular flexibility index (Phi) is 8.40. The predicted octanol–water partition coefficient (Wildman–Crippen LogP) is 7.51. The number of hydrogen-bond acceptors (Lipinski definition) is 8. The molecule has 2 fully saturated rings. The van der Waals surface area contributed by atoms with Crippen molar-refractivity contribution in [1.29, 1.82) is 0 Å². The molecule has 2 aliphatic carbocycles. The summed E-state index contributed by atoms with van der Waals surface area (Å²) in [6, 6.07) is 13.7. The lowest BCUT2D eigenvalue weighted by Gasteiger charge is -2.36. The molecule has 9 nitrogen and oxygen atoms in total. The van der Waals surface area contributed by atoms with Crippen molar-refractivity contribution in [2.45, 2.75) is 102 Å². The zero-order valence-corrected chi connectivity index (χ0v) is 26.3. The van der Waals surface area contributed by atoms with Crippen LogP contribution in [0, 0.1) is 5.92 Å². The third kappa shape index (κ3) is 6.19. The van der Waals surface area contributed by atoms with Gasteiger partial charge in [0.25, 0.3) is 0 Å². The molecule has 7 rings (SSSR count). The van der Waals surface area contributed by atoms with Crippen LogP contribution in [0.1, 0.15) is 124 Å². The van der Waals surface area contributed by atoms with Gasteiger partial charge in [0.2, 0.25) is 11.8 Å². The molecule has 1 atom stereocenters. The molecule has 0 unspecified atom stereocenters. The van der Waals surface area contributed by atoms with Crippen LogP contribution in [0.2, 0.25) is 0 Å². The van der Waals surface area contributed by atoms with Crippen molar-refractivity contribution in [1.82, 2.24) is 20.3 Å². The lowest BCUT2D eigenvalue weighted by molar-refractivity contribution is -0.129. The molecule has 1 spiro atoms. The SMILES string of the molecule is CCC(=O)CCCCC[C@H](NC(=O)[C@H]1CC[C@]2(CC1)OC(=O)c1ncccc12)c1ncc(-c2ccc3nc(C4CC4)ccc3c2)o1. The molecule has 1 aromatic carbocycles. The van der Waals surface area contributed by atoms with E-state index in [1.54, 1.807) is 12.4 Å². The summed E-state index contributed by atoms with van der Waals surface area (Å²) in [6.07, 6.45) is 12.5. The Morgan fingerprint density at radius 3 is 2.67 bits per heavy atom. The number of carbonyl (C=O) groups excluding carboxylic acids is 3. The lowest BCUT2D eigenvalue weighted by Crippen LogP contribution is -2.40. The number of fused-ring (bicyclic) bond motifs is 3. The van der Waals surface area contributed by atoms with Crippen LogP contribution in [0.15, 0.2) is 59.3 Å². The van der Waals surface area contributed by atoms with Gasteiger partial charge in [-0.05, 0) is 81.7 Å². The molecular formula is C37H40N4O5. The average Bonchev–Trinajstić information content (AvgIpc) is 3.76. The van der Waals surface area contributed by atoms with Crippen molar-refractivity contribution in [2.24, 2.45) is 5.92 Å². The molecular weight excluding hydrogens is 580 g/mol. The highest BCUT2D eigenvalue weighted by atomic mass is 16.6. The highest BCUT2D eigenvalue weighted by Crippen LogP contribution is 2.47. The van der Waals surface area contributed by atoms with Gasteiger partial charge in [-0.2, -0.15) is 0 Å². The van der Waals surface area contributed by atoms with Crippen LogP contribution < -0.4 is 5.32 Å². The number of nitrogens with one attached hydrogen (secondary N) is 1. The van der Waals surface area contributed by atoms with Gasteiger partial charge in [-0.3, -0.25) is 14.6 Å². The number of pyridine rings is 2. The summed E-state index contributed by atoms with van der Waals surface area (Å²) < 4.78 is 12.2. The number of nitrogens with zero attached hydrogens (tertiary/aromatic N) is 3. The number of esters is 1. The fourth-order valence-electron chi connectivity index (χ4n) is 6.99. The van der Waals surface area contributed by atoms with Crippen molar-refractivity contribution >= 4 is 28.6 Å². The second kappa shape index (κ2) is 12.8. The molecule has 238 valence electrons. The van der Waals surface area contributed by atoms with Crippen LogP contribution in [0.5, 0.6) is 0 Å². The first kappa shape index (κ1) is 30.3. The Hall–Kier alpha value is -4.40. The Morgan fingerprint density at radius 1 is 1.02 bits per heavy atom. The zero-order chi connectivity index (χ0) is 31.7. The highest BCUT2D eigenvalue weighted by molar-refractivity contribution is 5.92. The summed E-state index contributed by atoms with van der Waals surface area (Å²) in [5.74, 6) is 1.36. The largest absolute Gasteiger partial charge is 0.449 e. The molecule has 4 heterocycles. The topological polar surface area (TPSA) is 124 Å². The number of oxazole rings is 1. The molecule has 0 radical (unpaired) electrons. The highest BCUT2D eigenvalue weighted by Gasteiger charge is 2.49. The van der Waals surface area contributed by atoms with E-state index in [9.17, 15) is 14.4 Å². The van der Waals surface area contributed by atoms with Crippen LogP contribution >= 0.6 is 0 Å². The second-order valence-electron chi connectivity index (χ2n) is 13.1. The molecule has 9 heteroatoms. The maximum Gasteiger partial charge on any atom is 0.358 e. The van der Waals surface area contributed by atoms with Gasteiger partial charge >= 0.3 is 5.97 Å². The number of amides is 1. The summed E-state index contributed by atoms with van der Waals surface area (Å²) in [5, 5.41) is 4.29. The average molecular weight is 621 g/mol. The van der Waals surface area contributed by atoms with Gasteiger partial charge in [0.1, 0.15) is 17.4 Å². The van der Waals surface area contributed by atoms with E-state index in [1.165, 1.54) is 18.5 Å². The van der Waals surface area contributed by atoms with Crippen LogP contribution in [0.4, 0.5) is 0 Å². The fourth-order valence-corrected chi connectivity index (χ4v) is 6.99. The van der Waals surface area contributed by atoms with Gasteiger partial charge in [-0.15, -0.1) is 0 Å². The standard InChI is InChI=1S/C37H40N4O5/c1-2-27(42)7-4-3-5-9-31(41-34(43)24-16-18-37(19-17-24)28-8-6-20-38-33(28)36(44)46-37)35-39-22-32(45-35)26-13-15-30-25(21-26)12-14-29(40-30)23-10-11-23/h6,8,12-15,20-24,31H,2-5,7,9-11,16-19H2,1H3,(H,41,43)/t24-,31-,37+/m0/s1. The molecule has 46 heavy (non-hydrogen) atoms. The number of ether oxygens (including phenoxy) is 1. The number of carbonyl (C=O) groups is 3. The first-order valence-electron chi connectivity index (χ1n) is 16.8. The van der Waals surface area contributed by atoms with E-state index in [-0.39, 0.29) is 23.6 Å². The quantitative estimate of drug-likeness (QED) is 0.127. The number of unbranched alkanes of at least 4 members (excludes halogenated alkanes) is 2. The molecule has 1 amide bonds. The summed E-state index contributed by atoms with van der Waals surface area (Å²) in [5.41, 5.74) is 3.57. The van der Waals surface area contributed by atoms with E-state index in [2.05, 4.69) is 33.5 Å². The van der Waals surface area contributed by atoms with Gasteiger partial charge < -0.3 is 14.5 Å². The Morgan fingerprint density at radius 2 is 1.87 bits per heavy atom. The van der Waals surface area contributed by atoms with E-state index in [0.717, 1.165) is 41.3 Å². The van der Waals surface area contributed by atoms with Gasteiger partial charge in [-0.25, -0.2) is 14.8 Å². The summed E-state index contributed by atoms with van der Waals surface area (Å²) >= 11 is 0. The number of hydrogen-bond donors (Lipinski definition) is 1. The van der Waals surface area contributed by atoms with Crippen molar-refractivity contribution < 1.29 is 23.5 Å². The molecule has 0 bridgehead atoms. The van der Waals surface area contributed by atoms with Gasteiger partial charge in [0, 0.05) is 53.1 Å². The van der Waals surface area contributed by atoms with Crippen molar-refractivity contribution in [2.75, 3.05) is 0 Å². The van der Waals surface area contributed by atoms with E-state index in [0.29, 0.717) is 68.2 Å². The van der Waals surface area contributed by atoms with Gasteiger partial charge in [0.05, 0.1) is 11.7 Å². The normalized spacial score (nSPS) is 21.2. The first-order chi connectivity index (χ1) is 22.4. The number of rotatable bonds is 12. The Balaban J connectivity index is 1.04. The molecule has 1 N–H and O–H groups in total. The van der Waals surface area contributed by atoms with Crippen LogP contribution in [0.3, 0.4) is 0 Å². The Bertz CT molecular complexity index is 1770. The van der Waals surface area contributed by atoms with Crippen LogP contribution in [-0.2, 0) is 19.9 Å². The minimum atomic E-state index is -0.695. The smallest absolute Gasteiger partial charge is 0.358 e. The summed E-state index contributed by atoms with van der Waals surface area (Å²) in [4.78, 5) is 51.6.